The number of hydrogen-bond donors (Lipinski definition) is 1. The molecule has 0 aromatic heterocycles. The number of halogens is 1. The van der Waals surface area contributed by atoms with E-state index in [2.05, 4.69) is 21.2 Å². The first-order valence-electron chi connectivity index (χ1n) is 10.3. The molecule has 2 aromatic carbocycles. The summed E-state index contributed by atoms with van der Waals surface area (Å²) in [5, 5.41) is 2.34. The first kappa shape index (κ1) is 24.9. The molecule has 3 rings (SSSR count). The largest absolute Gasteiger partial charge is 0.492 e. The van der Waals surface area contributed by atoms with Gasteiger partial charge in [-0.25, -0.2) is 0 Å². The zero-order chi connectivity index (χ0) is 24.3. The summed E-state index contributed by atoms with van der Waals surface area (Å²) in [4.78, 5) is 39.2. The molecule has 0 bridgehead atoms. The maximum atomic E-state index is 12.9. The second-order valence-electron chi connectivity index (χ2n) is 7.56. The van der Waals surface area contributed by atoms with E-state index in [9.17, 15) is 14.4 Å². The predicted molar refractivity (Wildman–Crippen MR) is 134 cm³/mol. The van der Waals surface area contributed by atoms with Crippen LogP contribution in [0.2, 0.25) is 0 Å². The summed E-state index contributed by atoms with van der Waals surface area (Å²) in [6, 6.07) is 7.44. The summed E-state index contributed by atoms with van der Waals surface area (Å²) < 4.78 is 11.6. The number of ether oxygens (including phenoxy) is 2. The average Bonchev–Trinajstić information content (AvgIpc) is 2.98. The van der Waals surface area contributed by atoms with Crippen molar-refractivity contribution in [2.45, 2.75) is 27.7 Å². The van der Waals surface area contributed by atoms with Crippen LogP contribution in [-0.4, -0.2) is 42.2 Å². The fourth-order valence-electron chi connectivity index (χ4n) is 3.62. The highest BCUT2D eigenvalue weighted by Crippen LogP contribution is 2.39. The third kappa shape index (κ3) is 5.59. The number of carbonyl (C=O) groups excluding carboxylic acids is 3. The van der Waals surface area contributed by atoms with Crippen molar-refractivity contribution in [1.29, 1.82) is 0 Å². The lowest BCUT2D eigenvalue weighted by atomic mass is 10.1. The Balaban J connectivity index is 1.78. The van der Waals surface area contributed by atoms with Crippen molar-refractivity contribution in [3.63, 3.8) is 0 Å². The number of thioether (sulfide) groups is 1. The molecule has 7 nitrogen and oxygen atoms in total. The van der Waals surface area contributed by atoms with Gasteiger partial charge in [-0.15, -0.1) is 0 Å². The number of imide groups is 1. The maximum Gasteiger partial charge on any atom is 0.294 e. The van der Waals surface area contributed by atoms with E-state index in [4.69, 9.17) is 9.47 Å². The molecule has 0 spiro atoms. The zero-order valence-corrected chi connectivity index (χ0v) is 21.5. The van der Waals surface area contributed by atoms with Crippen molar-refractivity contribution in [1.82, 2.24) is 4.90 Å². The Hall–Kier alpha value is -2.78. The molecule has 33 heavy (non-hydrogen) atoms. The monoisotopic (exact) mass is 532 g/mol. The van der Waals surface area contributed by atoms with Crippen LogP contribution >= 0.6 is 27.7 Å². The molecule has 1 aliphatic rings. The summed E-state index contributed by atoms with van der Waals surface area (Å²) >= 11 is 4.24. The lowest BCUT2D eigenvalue weighted by molar-refractivity contribution is -0.127. The molecular formula is C24H25BrN2O5S. The van der Waals surface area contributed by atoms with Crippen LogP contribution in [0, 0.1) is 20.8 Å². The standard InChI is InChI=1S/C24H25BrN2O5S/c1-6-32-18-10-16(9-17(25)22(18)31-5)11-19-23(29)27(24(30)33-19)12-20(28)26-21-14(3)7-13(2)8-15(21)4/h7-11H,6,12H2,1-5H3,(H,26,28)/b19-11+. The van der Waals surface area contributed by atoms with Gasteiger partial charge in [0.2, 0.25) is 5.91 Å². The van der Waals surface area contributed by atoms with Gasteiger partial charge in [-0.3, -0.25) is 19.3 Å². The van der Waals surface area contributed by atoms with E-state index < -0.39 is 17.1 Å². The van der Waals surface area contributed by atoms with E-state index in [1.165, 1.54) is 7.11 Å². The highest BCUT2D eigenvalue weighted by Gasteiger charge is 2.36. The lowest BCUT2D eigenvalue weighted by Gasteiger charge is -2.16. The van der Waals surface area contributed by atoms with Gasteiger partial charge in [0.15, 0.2) is 11.5 Å². The summed E-state index contributed by atoms with van der Waals surface area (Å²) in [7, 11) is 1.54. The van der Waals surface area contributed by atoms with E-state index in [1.807, 2.05) is 39.8 Å². The first-order valence-corrected chi connectivity index (χ1v) is 11.9. The van der Waals surface area contributed by atoms with Crippen molar-refractivity contribution in [2.75, 3.05) is 25.6 Å². The average molecular weight is 533 g/mol. The van der Waals surface area contributed by atoms with E-state index in [0.717, 1.165) is 33.4 Å². The zero-order valence-electron chi connectivity index (χ0n) is 19.1. The highest BCUT2D eigenvalue weighted by atomic mass is 79.9. The predicted octanol–water partition coefficient (Wildman–Crippen LogP) is 5.46. The number of anilines is 1. The molecule has 0 unspecified atom stereocenters. The smallest absolute Gasteiger partial charge is 0.294 e. The lowest BCUT2D eigenvalue weighted by Crippen LogP contribution is -2.36. The molecular weight excluding hydrogens is 508 g/mol. The molecule has 9 heteroatoms. The number of carbonyl (C=O) groups is 3. The second-order valence-corrected chi connectivity index (χ2v) is 9.40. The van der Waals surface area contributed by atoms with Gasteiger partial charge in [0.25, 0.3) is 11.1 Å². The molecule has 1 saturated heterocycles. The van der Waals surface area contributed by atoms with Gasteiger partial charge >= 0.3 is 0 Å². The summed E-state index contributed by atoms with van der Waals surface area (Å²) in [5.74, 6) is 0.116. The van der Waals surface area contributed by atoms with Crippen molar-refractivity contribution < 1.29 is 23.9 Å². The quantitative estimate of drug-likeness (QED) is 0.476. The molecule has 1 fully saturated rings. The second kappa shape index (κ2) is 10.4. The minimum Gasteiger partial charge on any atom is -0.492 e. The number of nitrogens with one attached hydrogen (secondary N) is 1. The number of rotatable bonds is 7. The van der Waals surface area contributed by atoms with Crippen molar-refractivity contribution in [3.05, 3.63) is 55.9 Å². The van der Waals surface area contributed by atoms with Gasteiger partial charge in [0, 0.05) is 5.69 Å². The Kier molecular flexibility index (Phi) is 7.86. The van der Waals surface area contributed by atoms with Gasteiger partial charge in [-0.2, -0.15) is 0 Å². The molecule has 0 aliphatic carbocycles. The van der Waals surface area contributed by atoms with E-state index >= 15 is 0 Å². The number of hydrogen-bond acceptors (Lipinski definition) is 6. The Morgan fingerprint density at radius 2 is 1.82 bits per heavy atom. The van der Waals surface area contributed by atoms with Crippen LogP contribution in [0.5, 0.6) is 11.5 Å². The van der Waals surface area contributed by atoms with Crippen molar-refractivity contribution in [2.24, 2.45) is 0 Å². The molecule has 0 atom stereocenters. The van der Waals surface area contributed by atoms with Gasteiger partial charge < -0.3 is 14.8 Å². The normalized spacial score (nSPS) is 14.7. The third-order valence-corrected chi connectivity index (χ3v) is 6.45. The number of methoxy groups -OCH3 is 1. The first-order chi connectivity index (χ1) is 15.6. The number of amides is 3. The SMILES string of the molecule is CCOc1cc(/C=C2/SC(=O)N(CC(=O)Nc3c(C)cc(C)cc3C)C2=O)cc(Br)c1OC. The minimum absolute atomic E-state index is 0.231. The van der Waals surface area contributed by atoms with Gasteiger partial charge in [-0.1, -0.05) is 17.7 Å². The van der Waals surface area contributed by atoms with Crippen LogP contribution in [-0.2, 0) is 9.59 Å². The molecule has 2 aromatic rings. The fourth-order valence-corrected chi connectivity index (χ4v) is 5.08. The topological polar surface area (TPSA) is 84.9 Å². The van der Waals surface area contributed by atoms with Gasteiger partial charge in [0.05, 0.1) is 23.1 Å². The summed E-state index contributed by atoms with van der Waals surface area (Å²) in [5.41, 5.74) is 4.29. The number of benzene rings is 2. The van der Waals surface area contributed by atoms with E-state index in [0.29, 0.717) is 33.8 Å². The minimum atomic E-state index is -0.512. The number of aryl methyl sites for hydroxylation is 3. The molecule has 1 heterocycles. The van der Waals surface area contributed by atoms with Crippen LogP contribution in [0.25, 0.3) is 6.08 Å². The van der Waals surface area contributed by atoms with Crippen molar-refractivity contribution in [3.8, 4) is 11.5 Å². The van der Waals surface area contributed by atoms with Crippen LogP contribution in [0.15, 0.2) is 33.6 Å². The molecule has 3 amide bonds. The maximum absolute atomic E-state index is 12.9. The molecule has 0 radical (unpaired) electrons. The molecule has 174 valence electrons. The summed E-state index contributed by atoms with van der Waals surface area (Å²) in [6.07, 6.45) is 1.60. The van der Waals surface area contributed by atoms with Gasteiger partial charge in [-0.05, 0) is 90.3 Å². The highest BCUT2D eigenvalue weighted by molar-refractivity contribution is 9.10. The van der Waals surface area contributed by atoms with Crippen LogP contribution in [0.4, 0.5) is 10.5 Å². The molecule has 0 saturated carbocycles. The van der Waals surface area contributed by atoms with E-state index in [1.54, 1.807) is 18.2 Å². The molecule has 1 aliphatic heterocycles. The Labute approximate surface area is 205 Å². The van der Waals surface area contributed by atoms with Crippen LogP contribution in [0.3, 0.4) is 0 Å². The Morgan fingerprint density at radius 3 is 2.42 bits per heavy atom. The van der Waals surface area contributed by atoms with Crippen LogP contribution in [0.1, 0.15) is 29.2 Å². The number of nitrogens with zero attached hydrogens (tertiary/aromatic N) is 1. The van der Waals surface area contributed by atoms with Gasteiger partial charge in [0.1, 0.15) is 6.54 Å². The molecule has 1 N–H and O–H groups in total. The third-order valence-electron chi connectivity index (χ3n) is 4.95. The van der Waals surface area contributed by atoms with Crippen LogP contribution < -0.4 is 14.8 Å². The van der Waals surface area contributed by atoms with Crippen molar-refractivity contribution >= 4 is 56.5 Å². The Bertz CT molecular complexity index is 1140. The van der Waals surface area contributed by atoms with E-state index in [-0.39, 0.29) is 11.4 Å². The summed E-state index contributed by atoms with van der Waals surface area (Å²) in [6.45, 7) is 7.74. The Morgan fingerprint density at radius 1 is 1.15 bits per heavy atom. The fraction of sp³-hybridized carbons (Fsp3) is 0.292.